The first kappa shape index (κ1) is 15.0. The van der Waals surface area contributed by atoms with E-state index in [0.717, 1.165) is 24.0 Å². The zero-order valence-corrected chi connectivity index (χ0v) is 13.1. The Kier molecular flexibility index (Phi) is 3.94. The van der Waals surface area contributed by atoms with Crippen molar-refractivity contribution in [2.45, 2.75) is 33.1 Å². The van der Waals surface area contributed by atoms with Crippen molar-refractivity contribution in [1.29, 1.82) is 5.26 Å². The van der Waals surface area contributed by atoms with Gasteiger partial charge in [-0.25, -0.2) is 4.98 Å². The molecular weight excluding hydrogens is 290 g/mol. The molecule has 23 heavy (non-hydrogen) atoms. The summed E-state index contributed by atoms with van der Waals surface area (Å²) in [7, 11) is 0. The molecule has 6 heteroatoms. The number of nitrogens with zero attached hydrogens (tertiary/aromatic N) is 5. The fourth-order valence-electron chi connectivity index (χ4n) is 2.63. The van der Waals surface area contributed by atoms with Gasteiger partial charge in [-0.05, 0) is 37.5 Å². The number of nitriles is 1. The van der Waals surface area contributed by atoms with Crippen LogP contribution >= 0.6 is 0 Å². The lowest BCUT2D eigenvalue weighted by molar-refractivity contribution is 0.427. The van der Waals surface area contributed by atoms with Crippen LogP contribution < -0.4 is 0 Å². The Morgan fingerprint density at radius 2 is 2.17 bits per heavy atom. The van der Waals surface area contributed by atoms with Gasteiger partial charge in [0.05, 0.1) is 0 Å². The van der Waals surface area contributed by atoms with Gasteiger partial charge in [0.1, 0.15) is 17.3 Å². The molecule has 0 unspecified atom stereocenters. The van der Waals surface area contributed by atoms with E-state index < -0.39 is 0 Å². The molecule has 3 heterocycles. The lowest BCUT2D eigenvalue weighted by Gasteiger charge is -2.10. The molecular formula is C17H17N5O. The topological polar surface area (TPSA) is 87.1 Å². The lowest BCUT2D eigenvalue weighted by atomic mass is 10.0. The lowest BCUT2D eigenvalue weighted by Crippen LogP contribution is -2.02. The minimum Gasteiger partial charge on any atom is -0.493 e. The molecule has 6 nitrogen and oxygen atoms in total. The maximum Gasteiger partial charge on any atom is 0.217 e. The van der Waals surface area contributed by atoms with Crippen molar-refractivity contribution in [1.82, 2.24) is 19.6 Å². The molecule has 3 rings (SSSR count). The molecule has 0 aromatic carbocycles. The van der Waals surface area contributed by atoms with Gasteiger partial charge in [-0.1, -0.05) is 19.4 Å². The van der Waals surface area contributed by atoms with E-state index in [1.807, 2.05) is 19.1 Å². The summed E-state index contributed by atoms with van der Waals surface area (Å²) in [5.41, 5.74) is 2.94. The average molecular weight is 307 g/mol. The zero-order valence-electron chi connectivity index (χ0n) is 13.1. The number of hydrogen-bond donors (Lipinski definition) is 1. The van der Waals surface area contributed by atoms with Crippen LogP contribution in [0.4, 0.5) is 0 Å². The number of aromatic nitrogens is 4. The SMILES string of the molecule is CCCCc1c(C)c(C#N)c2nc(-c3ccccn3)nn2c1O. The van der Waals surface area contributed by atoms with Crippen LogP contribution in [0, 0.1) is 18.3 Å². The van der Waals surface area contributed by atoms with Gasteiger partial charge in [-0.3, -0.25) is 4.98 Å². The van der Waals surface area contributed by atoms with Crippen LogP contribution in [0.15, 0.2) is 24.4 Å². The zero-order chi connectivity index (χ0) is 16.4. The highest BCUT2D eigenvalue weighted by atomic mass is 16.3. The quantitative estimate of drug-likeness (QED) is 0.800. The number of hydrogen-bond acceptors (Lipinski definition) is 5. The standard InChI is InChI=1S/C17H17N5O/c1-3-4-7-12-11(2)13(10-18)16-20-15(21-22(16)17(12)23)14-8-5-6-9-19-14/h5-6,8-9,23H,3-4,7H2,1-2H3. The smallest absolute Gasteiger partial charge is 0.217 e. The van der Waals surface area contributed by atoms with Gasteiger partial charge < -0.3 is 5.11 Å². The van der Waals surface area contributed by atoms with E-state index in [9.17, 15) is 10.4 Å². The van der Waals surface area contributed by atoms with Gasteiger partial charge >= 0.3 is 0 Å². The van der Waals surface area contributed by atoms with E-state index in [2.05, 4.69) is 28.1 Å². The van der Waals surface area contributed by atoms with Gasteiger partial charge in [0, 0.05) is 11.8 Å². The maximum absolute atomic E-state index is 10.6. The fourth-order valence-corrected chi connectivity index (χ4v) is 2.63. The number of fused-ring (bicyclic) bond motifs is 1. The molecule has 0 spiro atoms. The molecule has 0 aliphatic carbocycles. The highest BCUT2D eigenvalue weighted by Crippen LogP contribution is 2.29. The molecule has 3 aromatic heterocycles. The first-order chi connectivity index (χ1) is 11.2. The van der Waals surface area contributed by atoms with Crippen molar-refractivity contribution >= 4 is 5.65 Å². The molecule has 0 bridgehead atoms. The molecule has 0 saturated heterocycles. The summed E-state index contributed by atoms with van der Waals surface area (Å²) in [5, 5.41) is 24.4. The summed E-state index contributed by atoms with van der Waals surface area (Å²) >= 11 is 0. The second-order valence-corrected chi connectivity index (χ2v) is 5.40. The van der Waals surface area contributed by atoms with Crippen LogP contribution in [0.1, 0.15) is 36.5 Å². The number of pyridine rings is 2. The molecule has 3 aromatic rings. The van der Waals surface area contributed by atoms with E-state index in [1.165, 1.54) is 4.52 Å². The van der Waals surface area contributed by atoms with Crippen molar-refractivity contribution in [3.05, 3.63) is 41.1 Å². The third kappa shape index (κ3) is 2.50. The molecule has 0 saturated carbocycles. The number of rotatable bonds is 4. The van der Waals surface area contributed by atoms with Crippen LogP contribution in [-0.2, 0) is 6.42 Å². The summed E-state index contributed by atoms with van der Waals surface area (Å²) in [6, 6.07) is 7.64. The fraction of sp³-hybridized carbons (Fsp3) is 0.294. The number of unbranched alkanes of at least 4 members (excludes halogenated alkanes) is 1. The van der Waals surface area contributed by atoms with E-state index in [-0.39, 0.29) is 5.88 Å². The molecule has 1 N–H and O–H groups in total. The molecule has 0 radical (unpaired) electrons. The van der Waals surface area contributed by atoms with Crippen molar-refractivity contribution in [2.24, 2.45) is 0 Å². The first-order valence-corrected chi connectivity index (χ1v) is 7.60. The van der Waals surface area contributed by atoms with Gasteiger partial charge in [-0.2, -0.15) is 9.78 Å². The number of aromatic hydroxyl groups is 1. The van der Waals surface area contributed by atoms with E-state index in [1.54, 1.807) is 12.3 Å². The second kappa shape index (κ2) is 6.05. The highest BCUT2D eigenvalue weighted by molar-refractivity contribution is 5.66. The Hall–Kier alpha value is -2.94. The third-order valence-electron chi connectivity index (χ3n) is 3.92. The minimum absolute atomic E-state index is 0.0552. The predicted molar refractivity (Wildman–Crippen MR) is 85.9 cm³/mol. The maximum atomic E-state index is 10.6. The first-order valence-electron chi connectivity index (χ1n) is 7.60. The van der Waals surface area contributed by atoms with Gasteiger partial charge in [0.25, 0.3) is 0 Å². The predicted octanol–water partition coefficient (Wildman–Crippen LogP) is 3.02. The molecule has 0 amide bonds. The van der Waals surface area contributed by atoms with Crippen molar-refractivity contribution in [3.8, 4) is 23.5 Å². The Bertz CT molecular complexity index is 893. The van der Waals surface area contributed by atoms with Gasteiger partial charge in [0.15, 0.2) is 5.65 Å². The summed E-state index contributed by atoms with van der Waals surface area (Å²) in [5.74, 6) is 0.448. The normalized spacial score (nSPS) is 10.8. The van der Waals surface area contributed by atoms with Crippen LogP contribution in [0.2, 0.25) is 0 Å². The molecule has 0 aliphatic heterocycles. The summed E-state index contributed by atoms with van der Waals surface area (Å²) in [6.45, 7) is 3.93. The Balaban J connectivity index is 2.25. The van der Waals surface area contributed by atoms with E-state index in [4.69, 9.17) is 0 Å². The van der Waals surface area contributed by atoms with E-state index >= 15 is 0 Å². The van der Waals surface area contributed by atoms with Gasteiger partial charge in [0.2, 0.25) is 11.7 Å². The molecule has 0 fully saturated rings. The summed E-state index contributed by atoms with van der Waals surface area (Å²) < 4.78 is 1.35. The van der Waals surface area contributed by atoms with Crippen molar-refractivity contribution < 1.29 is 5.11 Å². The van der Waals surface area contributed by atoms with Gasteiger partial charge in [-0.15, -0.1) is 5.10 Å². The Morgan fingerprint density at radius 3 is 2.83 bits per heavy atom. The minimum atomic E-state index is 0.0552. The van der Waals surface area contributed by atoms with Crippen LogP contribution in [0.25, 0.3) is 17.2 Å². The largest absolute Gasteiger partial charge is 0.493 e. The Labute approximate surface area is 134 Å². The molecule has 116 valence electrons. The highest BCUT2D eigenvalue weighted by Gasteiger charge is 2.20. The third-order valence-corrected chi connectivity index (χ3v) is 3.92. The second-order valence-electron chi connectivity index (χ2n) is 5.40. The average Bonchev–Trinajstić information content (AvgIpc) is 3.01. The van der Waals surface area contributed by atoms with Crippen LogP contribution in [0.5, 0.6) is 5.88 Å². The van der Waals surface area contributed by atoms with Crippen molar-refractivity contribution in [2.75, 3.05) is 0 Å². The van der Waals surface area contributed by atoms with E-state index in [0.29, 0.717) is 29.1 Å². The summed E-state index contributed by atoms with van der Waals surface area (Å²) in [6.07, 6.45) is 4.31. The van der Waals surface area contributed by atoms with Crippen LogP contribution in [-0.4, -0.2) is 24.7 Å². The molecule has 0 aliphatic rings. The monoisotopic (exact) mass is 307 g/mol. The molecule has 0 atom stereocenters. The van der Waals surface area contributed by atoms with Crippen LogP contribution in [0.3, 0.4) is 0 Å². The van der Waals surface area contributed by atoms with Crippen molar-refractivity contribution in [3.63, 3.8) is 0 Å². The Morgan fingerprint density at radius 1 is 1.35 bits per heavy atom. The summed E-state index contributed by atoms with van der Waals surface area (Å²) in [4.78, 5) is 8.62.